The fraction of sp³-hybridized carbons (Fsp3) is 0.316. The molecule has 1 N–H and O–H groups in total. The van der Waals surface area contributed by atoms with Crippen LogP contribution in [0.2, 0.25) is 5.02 Å². The summed E-state index contributed by atoms with van der Waals surface area (Å²) in [6, 6.07) is 12.5. The molecule has 1 saturated heterocycles. The van der Waals surface area contributed by atoms with Crippen LogP contribution < -0.4 is 5.32 Å². The molecule has 0 spiro atoms. The van der Waals surface area contributed by atoms with Gasteiger partial charge < -0.3 is 10.2 Å². The average Bonchev–Trinajstić information content (AvgIpc) is 2.59. The van der Waals surface area contributed by atoms with E-state index >= 15 is 0 Å². The van der Waals surface area contributed by atoms with E-state index in [1.54, 1.807) is 12.1 Å². The van der Waals surface area contributed by atoms with Crippen LogP contribution in [0.5, 0.6) is 0 Å². The van der Waals surface area contributed by atoms with E-state index in [1.807, 2.05) is 31.2 Å². The Morgan fingerprint density at radius 3 is 2.64 bits per heavy atom. The van der Waals surface area contributed by atoms with E-state index in [-0.39, 0.29) is 5.82 Å². The Bertz CT molecular complexity index is 760. The Morgan fingerprint density at radius 2 is 1.92 bits per heavy atom. The van der Waals surface area contributed by atoms with Gasteiger partial charge in [0.15, 0.2) is 5.11 Å². The molecule has 3 nitrogen and oxygen atoms in total. The Morgan fingerprint density at radius 1 is 1.16 bits per heavy atom. The molecule has 2 aromatic carbocycles. The molecule has 25 heavy (non-hydrogen) atoms. The molecule has 1 aliphatic heterocycles. The zero-order chi connectivity index (χ0) is 17.8. The summed E-state index contributed by atoms with van der Waals surface area (Å²) >= 11 is 11.6. The van der Waals surface area contributed by atoms with Gasteiger partial charge in [-0.25, -0.2) is 4.39 Å². The quantitative estimate of drug-likeness (QED) is 0.803. The number of nitrogens with zero attached hydrogens (tertiary/aromatic N) is 2. The lowest BCUT2D eigenvalue weighted by Gasteiger charge is -2.36. The standard InChI is InChI=1S/C19H21ClFN3S/c1-14-5-6-16(20)12-18(14)22-19(25)24-9-7-23(8-10-24)13-15-3-2-4-17(21)11-15/h2-6,11-12H,7-10,13H2,1H3,(H,22,25). The number of rotatable bonds is 3. The summed E-state index contributed by atoms with van der Waals surface area (Å²) in [5.74, 6) is -0.182. The van der Waals surface area contributed by atoms with E-state index in [4.69, 9.17) is 23.8 Å². The zero-order valence-electron chi connectivity index (χ0n) is 14.1. The second-order valence-corrected chi connectivity index (χ2v) is 7.11. The summed E-state index contributed by atoms with van der Waals surface area (Å²) in [5, 5.41) is 4.71. The van der Waals surface area contributed by atoms with Gasteiger partial charge in [0.25, 0.3) is 0 Å². The molecule has 6 heteroatoms. The Balaban J connectivity index is 1.53. The second kappa shape index (κ2) is 8.13. The molecule has 0 saturated carbocycles. The van der Waals surface area contributed by atoms with E-state index in [9.17, 15) is 4.39 Å². The minimum Gasteiger partial charge on any atom is -0.346 e. The van der Waals surface area contributed by atoms with Crippen molar-refractivity contribution in [1.29, 1.82) is 0 Å². The molecule has 2 aromatic rings. The summed E-state index contributed by atoms with van der Waals surface area (Å²) in [5.41, 5.74) is 3.06. The topological polar surface area (TPSA) is 18.5 Å². The van der Waals surface area contributed by atoms with Gasteiger partial charge in [0.05, 0.1) is 0 Å². The average molecular weight is 378 g/mol. The van der Waals surface area contributed by atoms with Crippen molar-refractivity contribution in [2.45, 2.75) is 13.5 Å². The maximum absolute atomic E-state index is 13.3. The fourth-order valence-electron chi connectivity index (χ4n) is 2.93. The van der Waals surface area contributed by atoms with Crippen molar-refractivity contribution < 1.29 is 4.39 Å². The van der Waals surface area contributed by atoms with E-state index in [0.29, 0.717) is 5.02 Å². The zero-order valence-corrected chi connectivity index (χ0v) is 15.7. The van der Waals surface area contributed by atoms with E-state index in [0.717, 1.165) is 54.7 Å². The van der Waals surface area contributed by atoms with Crippen molar-refractivity contribution in [2.24, 2.45) is 0 Å². The summed E-state index contributed by atoms with van der Waals surface area (Å²) in [4.78, 5) is 4.48. The van der Waals surface area contributed by atoms with Crippen LogP contribution in [0, 0.1) is 12.7 Å². The van der Waals surface area contributed by atoms with Gasteiger partial charge in [-0.1, -0.05) is 29.8 Å². The van der Waals surface area contributed by atoms with Gasteiger partial charge in [0.2, 0.25) is 0 Å². The number of hydrogen-bond acceptors (Lipinski definition) is 2. The highest BCUT2D eigenvalue weighted by Gasteiger charge is 2.19. The van der Waals surface area contributed by atoms with Gasteiger partial charge in [-0.05, 0) is 54.5 Å². The fourth-order valence-corrected chi connectivity index (χ4v) is 3.39. The number of piperazine rings is 1. The molecule has 0 atom stereocenters. The Hall–Kier alpha value is -1.69. The minimum absolute atomic E-state index is 0.182. The maximum Gasteiger partial charge on any atom is 0.173 e. The molecule has 0 radical (unpaired) electrons. The van der Waals surface area contributed by atoms with Crippen molar-refractivity contribution in [1.82, 2.24) is 9.80 Å². The van der Waals surface area contributed by atoms with Crippen LogP contribution in [0.1, 0.15) is 11.1 Å². The first-order valence-corrected chi connectivity index (χ1v) is 9.09. The number of aryl methyl sites for hydroxylation is 1. The van der Waals surface area contributed by atoms with Crippen molar-refractivity contribution in [3.8, 4) is 0 Å². The van der Waals surface area contributed by atoms with Gasteiger partial charge in [-0.15, -0.1) is 0 Å². The summed E-state index contributed by atoms with van der Waals surface area (Å²) < 4.78 is 13.3. The highest BCUT2D eigenvalue weighted by molar-refractivity contribution is 7.80. The molecule has 132 valence electrons. The van der Waals surface area contributed by atoms with Crippen LogP contribution in [0.25, 0.3) is 0 Å². The molecule has 1 fully saturated rings. The lowest BCUT2D eigenvalue weighted by molar-refractivity contribution is 0.177. The monoisotopic (exact) mass is 377 g/mol. The third-order valence-corrected chi connectivity index (χ3v) is 4.99. The van der Waals surface area contributed by atoms with E-state index in [1.165, 1.54) is 6.07 Å². The first kappa shape index (κ1) is 18.1. The smallest absolute Gasteiger partial charge is 0.173 e. The van der Waals surface area contributed by atoms with Crippen molar-refractivity contribution in [3.05, 3.63) is 64.4 Å². The van der Waals surface area contributed by atoms with Crippen LogP contribution in [-0.2, 0) is 6.54 Å². The van der Waals surface area contributed by atoms with Gasteiger partial charge in [0, 0.05) is 43.4 Å². The molecule has 0 aromatic heterocycles. The highest BCUT2D eigenvalue weighted by Crippen LogP contribution is 2.21. The van der Waals surface area contributed by atoms with Crippen LogP contribution in [0.15, 0.2) is 42.5 Å². The Labute approximate surface area is 158 Å². The lowest BCUT2D eigenvalue weighted by Crippen LogP contribution is -2.49. The minimum atomic E-state index is -0.182. The molecule has 0 aliphatic carbocycles. The molecular weight excluding hydrogens is 357 g/mol. The predicted molar refractivity (Wildman–Crippen MR) is 106 cm³/mol. The predicted octanol–water partition coefficient (Wildman–Crippen LogP) is 4.30. The van der Waals surface area contributed by atoms with Gasteiger partial charge in [-0.2, -0.15) is 0 Å². The highest BCUT2D eigenvalue weighted by atomic mass is 35.5. The van der Waals surface area contributed by atoms with Gasteiger partial charge in [0.1, 0.15) is 5.82 Å². The van der Waals surface area contributed by atoms with Crippen molar-refractivity contribution in [3.63, 3.8) is 0 Å². The third-order valence-electron chi connectivity index (χ3n) is 4.40. The molecule has 1 heterocycles. The normalized spacial score (nSPS) is 15.2. The number of hydrogen-bond donors (Lipinski definition) is 1. The van der Waals surface area contributed by atoms with Crippen molar-refractivity contribution >= 4 is 34.6 Å². The van der Waals surface area contributed by atoms with Gasteiger partial charge in [-0.3, -0.25) is 4.90 Å². The molecule has 1 aliphatic rings. The summed E-state index contributed by atoms with van der Waals surface area (Å²) in [6.45, 7) is 6.28. The number of anilines is 1. The number of halogens is 2. The SMILES string of the molecule is Cc1ccc(Cl)cc1NC(=S)N1CCN(Cc2cccc(F)c2)CC1. The number of nitrogens with one attached hydrogen (secondary N) is 1. The van der Waals surface area contributed by atoms with E-state index < -0.39 is 0 Å². The van der Waals surface area contributed by atoms with Crippen LogP contribution in [0.3, 0.4) is 0 Å². The van der Waals surface area contributed by atoms with Crippen LogP contribution in [0.4, 0.5) is 10.1 Å². The molecular formula is C19H21ClFN3S. The first-order chi connectivity index (χ1) is 12.0. The number of benzene rings is 2. The maximum atomic E-state index is 13.3. The second-order valence-electron chi connectivity index (χ2n) is 6.28. The number of thiocarbonyl (C=S) groups is 1. The Kier molecular flexibility index (Phi) is 5.89. The van der Waals surface area contributed by atoms with Crippen LogP contribution >= 0.6 is 23.8 Å². The first-order valence-electron chi connectivity index (χ1n) is 8.30. The van der Waals surface area contributed by atoms with Crippen molar-refractivity contribution in [2.75, 3.05) is 31.5 Å². The van der Waals surface area contributed by atoms with Crippen LogP contribution in [-0.4, -0.2) is 41.1 Å². The summed E-state index contributed by atoms with van der Waals surface area (Å²) in [6.07, 6.45) is 0. The third kappa shape index (κ3) is 4.91. The summed E-state index contributed by atoms with van der Waals surface area (Å²) in [7, 11) is 0. The largest absolute Gasteiger partial charge is 0.346 e. The lowest BCUT2D eigenvalue weighted by atomic mass is 10.2. The van der Waals surface area contributed by atoms with E-state index in [2.05, 4.69) is 15.1 Å². The molecule has 0 bridgehead atoms. The molecule has 3 rings (SSSR count). The van der Waals surface area contributed by atoms with Gasteiger partial charge >= 0.3 is 0 Å². The molecule has 0 unspecified atom stereocenters. The molecule has 0 amide bonds.